The SMILES string of the molecule is CCCOC(=O)C(=COCC)C[Si](C)C. The van der Waals surface area contributed by atoms with Crippen LogP contribution >= 0.6 is 0 Å². The van der Waals surface area contributed by atoms with Gasteiger partial charge in [0, 0.05) is 8.80 Å². The van der Waals surface area contributed by atoms with Gasteiger partial charge in [-0.3, -0.25) is 0 Å². The molecule has 0 aromatic carbocycles. The maximum atomic E-state index is 11.6. The van der Waals surface area contributed by atoms with E-state index in [0.29, 0.717) is 18.8 Å². The molecule has 3 nitrogen and oxygen atoms in total. The summed E-state index contributed by atoms with van der Waals surface area (Å²) in [5.41, 5.74) is 0.671. The molecular weight excluding hydrogens is 208 g/mol. The van der Waals surface area contributed by atoms with Crippen molar-refractivity contribution in [2.45, 2.75) is 39.4 Å². The third-order valence-electron chi connectivity index (χ3n) is 1.64. The highest BCUT2D eigenvalue weighted by atomic mass is 28.3. The fraction of sp³-hybridized carbons (Fsp3) is 0.727. The second-order valence-corrected chi connectivity index (χ2v) is 6.39. The highest BCUT2D eigenvalue weighted by Crippen LogP contribution is 2.09. The largest absolute Gasteiger partial charge is 0.501 e. The van der Waals surface area contributed by atoms with E-state index in [9.17, 15) is 4.79 Å². The first-order chi connectivity index (χ1) is 7.11. The zero-order valence-corrected chi connectivity index (χ0v) is 11.1. The van der Waals surface area contributed by atoms with Gasteiger partial charge in [-0.1, -0.05) is 20.0 Å². The lowest BCUT2D eigenvalue weighted by Crippen LogP contribution is -2.13. The highest BCUT2D eigenvalue weighted by molar-refractivity contribution is 6.57. The van der Waals surface area contributed by atoms with Crippen LogP contribution in [0.2, 0.25) is 19.1 Å². The molecule has 0 heterocycles. The zero-order valence-electron chi connectivity index (χ0n) is 10.1. The van der Waals surface area contributed by atoms with Gasteiger partial charge < -0.3 is 9.47 Å². The molecule has 15 heavy (non-hydrogen) atoms. The minimum absolute atomic E-state index is 0.225. The summed E-state index contributed by atoms with van der Waals surface area (Å²) in [5.74, 6) is -0.225. The summed E-state index contributed by atoms with van der Waals surface area (Å²) in [7, 11) is -0.482. The summed E-state index contributed by atoms with van der Waals surface area (Å²) in [4.78, 5) is 11.6. The van der Waals surface area contributed by atoms with Gasteiger partial charge in [-0.25, -0.2) is 4.79 Å². The first kappa shape index (κ1) is 14.2. The summed E-state index contributed by atoms with van der Waals surface area (Å²) < 4.78 is 10.2. The Labute approximate surface area is 94.1 Å². The maximum Gasteiger partial charge on any atom is 0.336 e. The monoisotopic (exact) mass is 229 g/mol. The second kappa shape index (κ2) is 8.53. The molecule has 4 heteroatoms. The molecule has 0 aromatic heterocycles. The molecule has 0 saturated heterocycles. The molecular formula is C11H21O3Si. The predicted octanol–water partition coefficient (Wildman–Crippen LogP) is 2.61. The number of hydrogen-bond acceptors (Lipinski definition) is 3. The summed E-state index contributed by atoms with van der Waals surface area (Å²) >= 11 is 0. The van der Waals surface area contributed by atoms with Crippen LogP contribution in [0.25, 0.3) is 0 Å². The summed E-state index contributed by atoms with van der Waals surface area (Å²) in [6.45, 7) is 9.27. The highest BCUT2D eigenvalue weighted by Gasteiger charge is 2.13. The van der Waals surface area contributed by atoms with E-state index in [2.05, 4.69) is 13.1 Å². The van der Waals surface area contributed by atoms with Crippen molar-refractivity contribution in [1.82, 2.24) is 0 Å². The van der Waals surface area contributed by atoms with Gasteiger partial charge >= 0.3 is 5.97 Å². The summed E-state index contributed by atoms with van der Waals surface area (Å²) in [6, 6.07) is 0.799. The van der Waals surface area contributed by atoms with Crippen LogP contribution in [-0.2, 0) is 14.3 Å². The van der Waals surface area contributed by atoms with Gasteiger partial charge in [-0.05, 0) is 19.4 Å². The number of ether oxygens (including phenoxy) is 2. The lowest BCUT2D eigenvalue weighted by atomic mass is 10.3. The Balaban J connectivity index is 4.27. The molecule has 1 radical (unpaired) electrons. The quantitative estimate of drug-likeness (QED) is 0.291. The van der Waals surface area contributed by atoms with Crippen molar-refractivity contribution in [1.29, 1.82) is 0 Å². The summed E-state index contributed by atoms with van der Waals surface area (Å²) in [5, 5.41) is 0. The Hall–Kier alpha value is -0.773. The van der Waals surface area contributed by atoms with Crippen molar-refractivity contribution < 1.29 is 14.3 Å². The van der Waals surface area contributed by atoms with Gasteiger partial charge in [0.05, 0.1) is 25.0 Å². The molecule has 0 saturated carbocycles. The second-order valence-electron chi connectivity index (χ2n) is 3.62. The van der Waals surface area contributed by atoms with Gasteiger partial charge in [0.15, 0.2) is 0 Å². The van der Waals surface area contributed by atoms with Crippen LogP contribution in [0.1, 0.15) is 20.3 Å². The van der Waals surface area contributed by atoms with Crippen LogP contribution in [0.4, 0.5) is 0 Å². The topological polar surface area (TPSA) is 35.5 Å². The minimum Gasteiger partial charge on any atom is -0.501 e. The molecule has 0 unspecified atom stereocenters. The van der Waals surface area contributed by atoms with Crippen LogP contribution < -0.4 is 0 Å². The molecule has 0 aliphatic carbocycles. The standard InChI is InChI=1S/C11H21O3Si/c1-5-7-14-11(12)10(8-13-6-2)9-15(3)4/h8H,5-7,9H2,1-4H3. The van der Waals surface area contributed by atoms with Crippen molar-refractivity contribution in [2.75, 3.05) is 13.2 Å². The summed E-state index contributed by atoms with van der Waals surface area (Å²) in [6.07, 6.45) is 2.40. The lowest BCUT2D eigenvalue weighted by molar-refractivity contribution is -0.139. The van der Waals surface area contributed by atoms with Crippen LogP contribution in [0.15, 0.2) is 11.8 Å². The van der Waals surface area contributed by atoms with Gasteiger partial charge in [-0.2, -0.15) is 0 Å². The molecule has 0 atom stereocenters. The van der Waals surface area contributed by atoms with E-state index in [0.717, 1.165) is 12.5 Å². The Morgan fingerprint density at radius 3 is 2.47 bits per heavy atom. The molecule has 0 bridgehead atoms. The molecule has 0 N–H and O–H groups in total. The third-order valence-corrected chi connectivity index (χ3v) is 2.72. The first-order valence-corrected chi connectivity index (χ1v) is 8.09. The average molecular weight is 229 g/mol. The minimum atomic E-state index is -0.482. The number of carbonyl (C=O) groups excluding carboxylic acids is 1. The van der Waals surface area contributed by atoms with E-state index >= 15 is 0 Å². The molecule has 0 aliphatic rings. The van der Waals surface area contributed by atoms with Crippen LogP contribution in [-0.4, -0.2) is 28.0 Å². The van der Waals surface area contributed by atoms with Crippen molar-refractivity contribution >= 4 is 14.8 Å². The smallest absolute Gasteiger partial charge is 0.336 e. The Morgan fingerprint density at radius 1 is 1.33 bits per heavy atom. The lowest BCUT2D eigenvalue weighted by Gasteiger charge is -2.09. The molecule has 0 fully saturated rings. The molecule has 0 aliphatic heterocycles. The van der Waals surface area contributed by atoms with Gasteiger partial charge in [0.25, 0.3) is 0 Å². The maximum absolute atomic E-state index is 11.6. The van der Waals surface area contributed by atoms with Crippen molar-refractivity contribution in [3.8, 4) is 0 Å². The third kappa shape index (κ3) is 7.19. The average Bonchev–Trinajstić information content (AvgIpc) is 2.20. The Morgan fingerprint density at radius 2 is 2.00 bits per heavy atom. The van der Waals surface area contributed by atoms with Gasteiger partial charge in [0.2, 0.25) is 0 Å². The van der Waals surface area contributed by atoms with Crippen molar-refractivity contribution in [3.05, 3.63) is 11.8 Å². The first-order valence-electron chi connectivity index (χ1n) is 5.38. The van der Waals surface area contributed by atoms with E-state index in [4.69, 9.17) is 9.47 Å². The Bertz CT molecular complexity index is 212. The van der Waals surface area contributed by atoms with Crippen LogP contribution in [0.5, 0.6) is 0 Å². The number of esters is 1. The van der Waals surface area contributed by atoms with Crippen LogP contribution in [0.3, 0.4) is 0 Å². The number of hydrogen-bond donors (Lipinski definition) is 0. The van der Waals surface area contributed by atoms with Gasteiger partial charge in [-0.15, -0.1) is 0 Å². The van der Waals surface area contributed by atoms with E-state index in [-0.39, 0.29) is 5.97 Å². The normalized spacial score (nSPS) is 11.7. The molecule has 0 amide bonds. The fourth-order valence-corrected chi connectivity index (χ4v) is 2.00. The molecule has 0 aromatic rings. The zero-order chi connectivity index (χ0) is 11.7. The molecule has 87 valence electrons. The number of rotatable bonds is 7. The van der Waals surface area contributed by atoms with Crippen molar-refractivity contribution in [3.63, 3.8) is 0 Å². The predicted molar refractivity (Wildman–Crippen MR) is 63.2 cm³/mol. The van der Waals surface area contributed by atoms with Gasteiger partial charge in [0.1, 0.15) is 0 Å². The van der Waals surface area contributed by atoms with E-state index < -0.39 is 8.80 Å². The Kier molecular flexibility index (Phi) is 8.09. The van der Waals surface area contributed by atoms with E-state index in [1.165, 1.54) is 0 Å². The van der Waals surface area contributed by atoms with Crippen LogP contribution in [0, 0.1) is 0 Å². The number of carbonyl (C=O) groups is 1. The van der Waals surface area contributed by atoms with E-state index in [1.54, 1.807) is 6.26 Å². The van der Waals surface area contributed by atoms with E-state index in [1.807, 2.05) is 13.8 Å². The van der Waals surface area contributed by atoms with Crippen molar-refractivity contribution in [2.24, 2.45) is 0 Å². The molecule has 0 spiro atoms. The fourth-order valence-electron chi connectivity index (χ4n) is 1.01. The molecule has 0 rings (SSSR count).